The maximum Gasteiger partial charge on any atom is 0.387 e. The van der Waals surface area contributed by atoms with Crippen LogP contribution in [0.25, 0.3) is 16.9 Å². The van der Waals surface area contributed by atoms with Gasteiger partial charge in [-0.1, -0.05) is 0 Å². The predicted octanol–water partition coefficient (Wildman–Crippen LogP) is 4.32. The zero-order valence-corrected chi connectivity index (χ0v) is 15.8. The molecule has 0 aliphatic carbocycles. The summed E-state index contributed by atoms with van der Waals surface area (Å²) in [7, 11) is 1.60. The lowest BCUT2D eigenvalue weighted by Gasteiger charge is -2.16. The van der Waals surface area contributed by atoms with Gasteiger partial charge in [0.25, 0.3) is 0 Å². The summed E-state index contributed by atoms with van der Waals surface area (Å²) in [6.07, 6.45) is 2.50. The maximum atomic E-state index is 12.4. The number of methoxy groups -OCH3 is 1. The van der Waals surface area contributed by atoms with Crippen molar-refractivity contribution in [2.45, 2.75) is 19.1 Å². The molecule has 2 heterocycles. The van der Waals surface area contributed by atoms with E-state index in [0.29, 0.717) is 30.4 Å². The number of alkyl halides is 2. The molecule has 0 N–H and O–H groups in total. The van der Waals surface area contributed by atoms with E-state index in [9.17, 15) is 8.78 Å². The van der Waals surface area contributed by atoms with Gasteiger partial charge in [-0.25, -0.2) is 4.68 Å². The summed E-state index contributed by atoms with van der Waals surface area (Å²) in [6.45, 7) is -1.62. The van der Waals surface area contributed by atoms with E-state index >= 15 is 0 Å². The molecule has 1 fully saturated rings. The summed E-state index contributed by atoms with van der Waals surface area (Å²) in [5.41, 5.74) is 2.42. The van der Waals surface area contributed by atoms with Crippen molar-refractivity contribution in [2.75, 3.05) is 20.3 Å². The minimum absolute atomic E-state index is 0.00793. The van der Waals surface area contributed by atoms with Gasteiger partial charge in [0.2, 0.25) is 0 Å². The van der Waals surface area contributed by atoms with E-state index < -0.39 is 6.61 Å². The van der Waals surface area contributed by atoms with Crippen LogP contribution in [0.4, 0.5) is 8.78 Å². The van der Waals surface area contributed by atoms with Crippen molar-refractivity contribution in [1.82, 2.24) is 9.78 Å². The van der Waals surface area contributed by atoms with Crippen molar-refractivity contribution >= 4 is 0 Å². The smallest absolute Gasteiger partial charge is 0.387 e. The van der Waals surface area contributed by atoms with Gasteiger partial charge in [-0.2, -0.15) is 13.9 Å². The number of ether oxygens (including phenoxy) is 4. The first-order valence-electron chi connectivity index (χ1n) is 9.16. The molecule has 0 unspecified atom stereocenters. The van der Waals surface area contributed by atoms with Gasteiger partial charge in [-0.3, -0.25) is 0 Å². The van der Waals surface area contributed by atoms with E-state index in [-0.39, 0.29) is 11.9 Å². The molecule has 152 valence electrons. The van der Waals surface area contributed by atoms with E-state index in [2.05, 4.69) is 9.84 Å². The Labute approximate surface area is 166 Å². The molecule has 0 amide bonds. The zero-order chi connectivity index (χ0) is 20.2. The molecule has 4 rings (SSSR count). The van der Waals surface area contributed by atoms with Crippen LogP contribution in [0.3, 0.4) is 0 Å². The number of rotatable bonds is 7. The molecular formula is C21H20F2N2O4. The lowest BCUT2D eigenvalue weighted by Crippen LogP contribution is -2.16. The van der Waals surface area contributed by atoms with Gasteiger partial charge in [0, 0.05) is 12.0 Å². The SMILES string of the molecule is COc1ccc(-c2ccnn2-c2ccc(OC(F)F)cc2)cc1O[C@@H]1CCOC1. The molecule has 0 saturated carbocycles. The minimum atomic E-state index is -2.86. The second-order valence-corrected chi connectivity index (χ2v) is 6.47. The van der Waals surface area contributed by atoms with E-state index in [1.165, 1.54) is 12.1 Å². The summed E-state index contributed by atoms with van der Waals surface area (Å²) >= 11 is 0. The van der Waals surface area contributed by atoms with E-state index in [1.54, 1.807) is 30.1 Å². The van der Waals surface area contributed by atoms with Crippen molar-refractivity contribution in [3.05, 3.63) is 54.7 Å². The number of nitrogens with zero attached hydrogens (tertiary/aromatic N) is 2. The molecule has 3 aromatic rings. The van der Waals surface area contributed by atoms with Crippen LogP contribution in [0, 0.1) is 0 Å². The maximum absolute atomic E-state index is 12.4. The Morgan fingerprint density at radius 2 is 1.93 bits per heavy atom. The predicted molar refractivity (Wildman–Crippen MR) is 102 cm³/mol. The third-order valence-electron chi connectivity index (χ3n) is 4.59. The van der Waals surface area contributed by atoms with Crippen LogP contribution >= 0.6 is 0 Å². The van der Waals surface area contributed by atoms with Crippen molar-refractivity contribution in [3.8, 4) is 34.2 Å². The minimum Gasteiger partial charge on any atom is -0.493 e. The Kier molecular flexibility index (Phi) is 5.62. The van der Waals surface area contributed by atoms with E-state index in [0.717, 1.165) is 17.7 Å². The fourth-order valence-electron chi connectivity index (χ4n) is 3.21. The molecule has 6 nitrogen and oxygen atoms in total. The summed E-state index contributed by atoms with van der Waals surface area (Å²) in [6, 6.07) is 13.8. The van der Waals surface area contributed by atoms with Crippen LogP contribution in [0.1, 0.15) is 6.42 Å². The topological polar surface area (TPSA) is 54.7 Å². The van der Waals surface area contributed by atoms with Crippen molar-refractivity contribution in [2.24, 2.45) is 0 Å². The first-order chi connectivity index (χ1) is 14.1. The molecule has 0 radical (unpaired) electrons. The highest BCUT2D eigenvalue weighted by Gasteiger charge is 2.20. The average Bonchev–Trinajstić information content (AvgIpc) is 3.40. The van der Waals surface area contributed by atoms with E-state index in [1.807, 2.05) is 24.3 Å². The molecule has 0 bridgehead atoms. The third kappa shape index (κ3) is 4.32. The first kappa shape index (κ1) is 19.2. The number of benzene rings is 2. The largest absolute Gasteiger partial charge is 0.493 e. The molecule has 2 aromatic carbocycles. The summed E-state index contributed by atoms with van der Waals surface area (Å²) in [5, 5.41) is 4.36. The molecule has 8 heteroatoms. The molecule has 29 heavy (non-hydrogen) atoms. The molecule has 1 aliphatic rings. The number of aromatic nitrogens is 2. The molecular weight excluding hydrogens is 382 g/mol. The Hall–Kier alpha value is -3.13. The quantitative estimate of drug-likeness (QED) is 0.589. The normalized spacial score (nSPS) is 16.2. The molecule has 1 saturated heterocycles. The highest BCUT2D eigenvalue weighted by molar-refractivity contribution is 5.66. The lowest BCUT2D eigenvalue weighted by atomic mass is 10.1. The van der Waals surface area contributed by atoms with Gasteiger partial charge in [-0.05, 0) is 48.5 Å². The van der Waals surface area contributed by atoms with Gasteiger partial charge in [0.1, 0.15) is 11.9 Å². The Morgan fingerprint density at radius 1 is 1.10 bits per heavy atom. The fraction of sp³-hybridized carbons (Fsp3) is 0.286. The molecule has 1 atom stereocenters. The van der Waals surface area contributed by atoms with Crippen molar-refractivity contribution in [1.29, 1.82) is 0 Å². The summed E-state index contributed by atoms with van der Waals surface area (Å²) in [4.78, 5) is 0. The fourth-order valence-corrected chi connectivity index (χ4v) is 3.21. The monoisotopic (exact) mass is 402 g/mol. The van der Waals surface area contributed by atoms with Gasteiger partial charge < -0.3 is 18.9 Å². The average molecular weight is 402 g/mol. The summed E-state index contributed by atoms with van der Waals surface area (Å²) < 4.78 is 47.7. The second-order valence-electron chi connectivity index (χ2n) is 6.47. The zero-order valence-electron chi connectivity index (χ0n) is 15.8. The van der Waals surface area contributed by atoms with Crippen LogP contribution < -0.4 is 14.2 Å². The summed E-state index contributed by atoms with van der Waals surface area (Å²) in [5.74, 6) is 1.37. The molecule has 1 aromatic heterocycles. The van der Waals surface area contributed by atoms with E-state index in [4.69, 9.17) is 14.2 Å². The van der Waals surface area contributed by atoms with Crippen LogP contribution in [0.5, 0.6) is 17.2 Å². The Morgan fingerprint density at radius 3 is 2.62 bits per heavy atom. The van der Waals surface area contributed by atoms with Gasteiger partial charge in [0.15, 0.2) is 11.5 Å². The Bertz CT molecular complexity index is 954. The number of hydrogen-bond donors (Lipinski definition) is 0. The number of hydrogen-bond acceptors (Lipinski definition) is 5. The van der Waals surface area contributed by atoms with Crippen LogP contribution in [0.2, 0.25) is 0 Å². The van der Waals surface area contributed by atoms with Gasteiger partial charge >= 0.3 is 6.61 Å². The highest BCUT2D eigenvalue weighted by Crippen LogP contribution is 2.34. The van der Waals surface area contributed by atoms with Crippen molar-refractivity contribution in [3.63, 3.8) is 0 Å². The van der Waals surface area contributed by atoms with Crippen LogP contribution in [0.15, 0.2) is 54.7 Å². The van der Waals surface area contributed by atoms with Gasteiger partial charge in [0.05, 0.1) is 37.9 Å². The first-order valence-corrected chi connectivity index (χ1v) is 9.16. The molecule has 0 spiro atoms. The standard InChI is InChI=1S/C21H20F2N2O4/c1-26-19-7-2-14(12-20(19)28-17-9-11-27-13-17)18-8-10-24-25(18)15-3-5-16(6-4-15)29-21(22)23/h2-8,10,12,17,21H,9,11,13H2,1H3/t17-/m1/s1. The van der Waals surface area contributed by atoms with Gasteiger partial charge in [-0.15, -0.1) is 0 Å². The Balaban J connectivity index is 1.63. The lowest BCUT2D eigenvalue weighted by molar-refractivity contribution is -0.0498. The van der Waals surface area contributed by atoms with Crippen LogP contribution in [-0.2, 0) is 4.74 Å². The third-order valence-corrected chi connectivity index (χ3v) is 4.59. The van der Waals surface area contributed by atoms with Crippen LogP contribution in [-0.4, -0.2) is 42.8 Å². The second kappa shape index (κ2) is 8.48. The highest BCUT2D eigenvalue weighted by atomic mass is 19.3. The van der Waals surface area contributed by atoms with Crippen molar-refractivity contribution < 1.29 is 27.7 Å². The number of halogens is 2. The molecule has 1 aliphatic heterocycles.